The third kappa shape index (κ3) is 5.51. The predicted molar refractivity (Wildman–Crippen MR) is 161 cm³/mol. The number of hydrogen-bond donors (Lipinski definition) is 0. The van der Waals surface area contributed by atoms with E-state index < -0.39 is 29.5 Å². The number of pyridine rings is 2. The Kier molecular flexibility index (Phi) is 7.38. The van der Waals surface area contributed by atoms with E-state index in [0.29, 0.717) is 58.4 Å². The van der Waals surface area contributed by atoms with E-state index in [4.69, 9.17) is 4.74 Å². The number of ether oxygens (including phenoxy) is 1. The van der Waals surface area contributed by atoms with E-state index in [1.165, 1.54) is 21.7 Å². The molecule has 44 heavy (non-hydrogen) atoms. The fourth-order valence-electron chi connectivity index (χ4n) is 5.39. The Hall–Kier alpha value is -5.44. The Morgan fingerprint density at radius 3 is 2.70 bits per heavy atom. The van der Waals surface area contributed by atoms with Gasteiger partial charge in [0.25, 0.3) is 5.91 Å². The number of carbonyl (C=O) groups excluding carboxylic acids is 2. The van der Waals surface area contributed by atoms with Crippen molar-refractivity contribution in [3.63, 3.8) is 0 Å². The number of halogens is 1. The van der Waals surface area contributed by atoms with Gasteiger partial charge in [-0.05, 0) is 87.5 Å². The molecule has 1 saturated heterocycles. The van der Waals surface area contributed by atoms with Gasteiger partial charge in [-0.25, -0.2) is 19.2 Å². The number of carbonyl (C=O) groups is 2. The molecule has 6 rings (SSSR count). The van der Waals surface area contributed by atoms with E-state index in [1.54, 1.807) is 80.5 Å². The number of piperidine rings is 1. The topological polar surface area (TPSA) is 130 Å². The second-order valence-electron chi connectivity index (χ2n) is 11.6. The summed E-state index contributed by atoms with van der Waals surface area (Å²) < 4.78 is 22.9. The maximum Gasteiger partial charge on any atom is 0.410 e. The van der Waals surface area contributed by atoms with Gasteiger partial charge in [0.1, 0.15) is 22.8 Å². The summed E-state index contributed by atoms with van der Waals surface area (Å²) in [7, 11) is 0. The monoisotopic (exact) mass is 592 g/mol. The Bertz CT molecular complexity index is 1940. The highest BCUT2D eigenvalue weighted by Crippen LogP contribution is 2.32. The Labute approximate surface area is 252 Å². The van der Waals surface area contributed by atoms with E-state index in [0.717, 1.165) is 0 Å². The van der Waals surface area contributed by atoms with E-state index in [-0.39, 0.29) is 12.1 Å². The molecule has 0 N–H and O–H groups in total. The first-order valence-corrected chi connectivity index (χ1v) is 14.2. The van der Waals surface area contributed by atoms with E-state index in [1.807, 2.05) is 0 Å². The van der Waals surface area contributed by atoms with Crippen LogP contribution >= 0.6 is 0 Å². The highest BCUT2D eigenvalue weighted by atomic mass is 19.1. The number of fused-ring (bicyclic) bond motifs is 2. The van der Waals surface area contributed by atoms with Gasteiger partial charge in [-0.15, -0.1) is 5.10 Å². The summed E-state index contributed by atoms with van der Waals surface area (Å²) in [6.45, 7) is 6.02. The molecule has 0 aliphatic carbocycles. The van der Waals surface area contributed by atoms with Crippen molar-refractivity contribution >= 4 is 39.8 Å². The molecule has 11 nitrogen and oxygen atoms in total. The van der Waals surface area contributed by atoms with Crippen LogP contribution in [0.1, 0.15) is 49.5 Å². The van der Waals surface area contributed by atoms with Crippen LogP contribution in [0.2, 0.25) is 0 Å². The van der Waals surface area contributed by atoms with Crippen molar-refractivity contribution in [2.24, 2.45) is 0 Å². The maximum absolute atomic E-state index is 15.9. The molecule has 0 bridgehead atoms. The average Bonchev–Trinajstić information content (AvgIpc) is 3.44. The van der Waals surface area contributed by atoms with Crippen LogP contribution in [0.3, 0.4) is 0 Å². The quantitative estimate of drug-likeness (QED) is 0.270. The summed E-state index contributed by atoms with van der Waals surface area (Å²) in [5, 5.41) is 18.9. The van der Waals surface area contributed by atoms with Crippen LogP contribution in [0.25, 0.3) is 27.6 Å². The number of aromatic nitrogens is 5. The van der Waals surface area contributed by atoms with Gasteiger partial charge < -0.3 is 9.64 Å². The molecule has 5 aromatic rings. The molecular formula is C32H29FN8O3. The fraction of sp³-hybridized carbons (Fsp3) is 0.281. The van der Waals surface area contributed by atoms with Gasteiger partial charge in [0, 0.05) is 36.9 Å². The summed E-state index contributed by atoms with van der Waals surface area (Å²) in [5.41, 5.74) is 0.950. The largest absolute Gasteiger partial charge is 0.444 e. The van der Waals surface area contributed by atoms with Crippen LogP contribution in [0.4, 0.5) is 15.0 Å². The predicted octanol–water partition coefficient (Wildman–Crippen LogP) is 5.42. The van der Waals surface area contributed by atoms with Crippen molar-refractivity contribution in [2.75, 3.05) is 18.0 Å². The zero-order valence-electron chi connectivity index (χ0n) is 24.4. The SMILES string of the molecule is CC(C)(C)OC(=O)N1CCC[C@@H](N(C(=O)c2ccc(-n3nnc4cccnc43)cc2F)c2nccc3cc(C#N)ccc23)C1. The first kappa shape index (κ1) is 28.7. The summed E-state index contributed by atoms with van der Waals surface area (Å²) in [4.78, 5) is 39.3. The van der Waals surface area contributed by atoms with Crippen LogP contribution < -0.4 is 4.90 Å². The maximum atomic E-state index is 15.9. The third-order valence-electron chi connectivity index (χ3n) is 7.37. The Balaban J connectivity index is 1.41. The van der Waals surface area contributed by atoms with E-state index in [2.05, 4.69) is 26.3 Å². The van der Waals surface area contributed by atoms with Crippen LogP contribution in [-0.4, -0.2) is 66.6 Å². The molecule has 1 aliphatic rings. The van der Waals surface area contributed by atoms with Crippen LogP contribution in [0.15, 0.2) is 67.0 Å². The number of likely N-dealkylation sites (tertiary alicyclic amines) is 1. The van der Waals surface area contributed by atoms with Crippen molar-refractivity contribution in [3.05, 3.63) is 83.9 Å². The molecule has 1 atom stereocenters. The molecule has 12 heteroatoms. The highest BCUT2D eigenvalue weighted by Gasteiger charge is 2.36. The number of nitrogens with zero attached hydrogens (tertiary/aromatic N) is 8. The van der Waals surface area contributed by atoms with Gasteiger partial charge in [0.05, 0.1) is 28.9 Å². The number of rotatable bonds is 4. The molecule has 4 heterocycles. The number of amides is 2. The zero-order valence-corrected chi connectivity index (χ0v) is 24.4. The second-order valence-corrected chi connectivity index (χ2v) is 11.6. The number of benzene rings is 2. The molecular weight excluding hydrogens is 563 g/mol. The number of nitriles is 1. The molecule has 3 aromatic heterocycles. The van der Waals surface area contributed by atoms with E-state index >= 15 is 4.39 Å². The third-order valence-corrected chi connectivity index (χ3v) is 7.37. The van der Waals surface area contributed by atoms with Gasteiger partial charge in [0.2, 0.25) is 0 Å². The van der Waals surface area contributed by atoms with Crippen molar-refractivity contribution in [3.8, 4) is 11.8 Å². The molecule has 2 aromatic carbocycles. The van der Waals surface area contributed by atoms with Gasteiger partial charge >= 0.3 is 6.09 Å². The van der Waals surface area contributed by atoms with Gasteiger partial charge in [-0.2, -0.15) is 9.94 Å². The van der Waals surface area contributed by atoms with Crippen LogP contribution in [0.5, 0.6) is 0 Å². The second kappa shape index (κ2) is 11.3. The molecule has 0 radical (unpaired) electrons. The minimum atomic E-state index is -0.760. The van der Waals surface area contributed by atoms with Crippen LogP contribution in [0, 0.1) is 17.1 Å². The fourth-order valence-corrected chi connectivity index (χ4v) is 5.39. The Morgan fingerprint density at radius 1 is 1.09 bits per heavy atom. The highest BCUT2D eigenvalue weighted by molar-refractivity contribution is 6.10. The summed E-state index contributed by atoms with van der Waals surface area (Å²) in [6.07, 6.45) is 3.81. The lowest BCUT2D eigenvalue weighted by molar-refractivity contribution is 0.0196. The average molecular weight is 593 g/mol. The van der Waals surface area contributed by atoms with Crippen molar-refractivity contribution in [2.45, 2.75) is 45.3 Å². The molecule has 0 saturated carbocycles. The molecule has 1 fully saturated rings. The van der Waals surface area contributed by atoms with Gasteiger partial charge in [-0.1, -0.05) is 5.21 Å². The lowest BCUT2D eigenvalue weighted by Gasteiger charge is -2.39. The minimum Gasteiger partial charge on any atom is -0.444 e. The number of hydrogen-bond acceptors (Lipinski definition) is 8. The number of anilines is 1. The van der Waals surface area contributed by atoms with Gasteiger partial charge in [-0.3, -0.25) is 9.69 Å². The summed E-state index contributed by atoms with van der Waals surface area (Å²) in [6, 6.07) is 16.1. The molecule has 0 spiro atoms. The van der Waals surface area contributed by atoms with E-state index in [9.17, 15) is 14.9 Å². The molecule has 1 aliphatic heterocycles. The Morgan fingerprint density at radius 2 is 1.93 bits per heavy atom. The minimum absolute atomic E-state index is 0.172. The lowest BCUT2D eigenvalue weighted by atomic mass is 10.0. The molecule has 2 amide bonds. The van der Waals surface area contributed by atoms with Crippen molar-refractivity contribution in [1.82, 2.24) is 29.9 Å². The van der Waals surface area contributed by atoms with Crippen LogP contribution in [-0.2, 0) is 4.74 Å². The first-order chi connectivity index (χ1) is 21.1. The normalized spacial score (nSPS) is 15.2. The van der Waals surface area contributed by atoms with Crippen molar-refractivity contribution < 1.29 is 18.7 Å². The summed E-state index contributed by atoms with van der Waals surface area (Å²) >= 11 is 0. The molecule has 0 unspecified atom stereocenters. The van der Waals surface area contributed by atoms with Crippen molar-refractivity contribution in [1.29, 1.82) is 5.26 Å². The van der Waals surface area contributed by atoms with Gasteiger partial charge in [0.15, 0.2) is 5.65 Å². The lowest BCUT2D eigenvalue weighted by Crippen LogP contribution is -2.53. The smallest absolute Gasteiger partial charge is 0.410 e. The zero-order chi connectivity index (χ0) is 31.0. The molecule has 222 valence electrons. The standard InChI is InChI=1S/C32H29FN8O3/c1-32(2,3)44-31(43)39-15-5-6-23(19-39)40(28-24-10-8-20(18-34)16-21(24)12-14-36-28)30(42)25-11-9-22(17-26(25)33)41-29-27(37-38-41)7-4-13-35-29/h4,7-14,16-17,23H,5-6,15,19H2,1-3H3/t23-/m1/s1. The first-order valence-electron chi connectivity index (χ1n) is 14.2. The summed E-state index contributed by atoms with van der Waals surface area (Å²) in [5.74, 6) is -1.07.